The Morgan fingerprint density at radius 2 is 2.10 bits per heavy atom. The quantitative estimate of drug-likeness (QED) is 0.692. The van der Waals surface area contributed by atoms with Crippen molar-refractivity contribution in [1.82, 2.24) is 34.8 Å². The van der Waals surface area contributed by atoms with Crippen LogP contribution in [0.15, 0.2) is 30.6 Å². The monoisotopic (exact) mass is 395 g/mol. The lowest BCUT2D eigenvalue weighted by Crippen LogP contribution is -2.47. The fourth-order valence-corrected chi connectivity index (χ4v) is 3.97. The van der Waals surface area contributed by atoms with Crippen molar-refractivity contribution in [3.8, 4) is 5.69 Å². The van der Waals surface area contributed by atoms with Gasteiger partial charge in [-0.3, -0.25) is 14.5 Å². The Kier molecular flexibility index (Phi) is 5.14. The molecule has 1 fully saturated rings. The van der Waals surface area contributed by atoms with Crippen LogP contribution < -0.4 is 5.32 Å². The summed E-state index contributed by atoms with van der Waals surface area (Å²) < 4.78 is 3.37. The van der Waals surface area contributed by atoms with E-state index < -0.39 is 6.10 Å². The number of hydrogen-bond donors (Lipinski definition) is 2. The van der Waals surface area contributed by atoms with Gasteiger partial charge in [-0.2, -0.15) is 10.2 Å². The molecule has 0 bridgehead atoms. The van der Waals surface area contributed by atoms with Gasteiger partial charge in [0.1, 0.15) is 17.3 Å². The van der Waals surface area contributed by atoms with Crippen molar-refractivity contribution in [1.29, 1.82) is 0 Å². The Hall–Kier alpha value is -3.07. The fraction of sp³-hybridized carbons (Fsp3) is 0.450. The summed E-state index contributed by atoms with van der Waals surface area (Å²) in [6.45, 7) is 3.70. The van der Waals surface area contributed by atoms with E-state index in [1.807, 2.05) is 30.7 Å². The summed E-state index contributed by atoms with van der Waals surface area (Å²) in [5, 5.41) is 22.2. The zero-order valence-corrected chi connectivity index (χ0v) is 16.8. The number of pyridine rings is 1. The van der Waals surface area contributed by atoms with Gasteiger partial charge in [-0.15, -0.1) is 0 Å². The maximum absolute atomic E-state index is 12.7. The Balaban J connectivity index is 1.55. The molecule has 1 amide bonds. The highest BCUT2D eigenvalue weighted by Gasteiger charge is 2.34. The topological polar surface area (TPSA) is 111 Å². The zero-order chi connectivity index (χ0) is 20.5. The van der Waals surface area contributed by atoms with Gasteiger partial charge in [0.25, 0.3) is 5.91 Å². The van der Waals surface area contributed by atoms with Crippen molar-refractivity contribution in [2.75, 3.05) is 0 Å². The van der Waals surface area contributed by atoms with E-state index in [9.17, 15) is 9.90 Å². The highest BCUT2D eigenvalue weighted by Crippen LogP contribution is 2.33. The molecule has 3 heterocycles. The molecule has 0 unspecified atom stereocenters. The number of aromatic nitrogens is 6. The molecule has 3 aromatic rings. The number of rotatable bonds is 4. The molecule has 0 spiro atoms. The lowest BCUT2D eigenvalue weighted by Gasteiger charge is -2.33. The SMILES string of the molecule is Cc1cc(C(=O)N[C@@H]2C[C@@H](c3nc(C)nn3-c3cccnc3)CC[C@H]2O)n(C)n1. The second-order valence-electron chi connectivity index (χ2n) is 7.59. The highest BCUT2D eigenvalue weighted by atomic mass is 16.3. The van der Waals surface area contributed by atoms with Crippen molar-refractivity contribution in [2.24, 2.45) is 7.05 Å². The first-order valence-electron chi connectivity index (χ1n) is 9.76. The smallest absolute Gasteiger partial charge is 0.269 e. The van der Waals surface area contributed by atoms with Crippen LogP contribution in [0.5, 0.6) is 0 Å². The number of aryl methyl sites for hydroxylation is 3. The van der Waals surface area contributed by atoms with Gasteiger partial charge >= 0.3 is 0 Å². The predicted octanol–water partition coefficient (Wildman–Crippen LogP) is 1.44. The van der Waals surface area contributed by atoms with E-state index in [0.29, 0.717) is 24.4 Å². The number of aliphatic hydroxyl groups is 1. The van der Waals surface area contributed by atoms with Gasteiger partial charge < -0.3 is 10.4 Å². The molecule has 29 heavy (non-hydrogen) atoms. The van der Waals surface area contributed by atoms with Crippen molar-refractivity contribution in [3.05, 3.63) is 53.6 Å². The number of amides is 1. The number of aliphatic hydroxyl groups excluding tert-OH is 1. The minimum absolute atomic E-state index is 0.0679. The first-order valence-corrected chi connectivity index (χ1v) is 9.76. The molecule has 3 aromatic heterocycles. The Morgan fingerprint density at radius 1 is 1.28 bits per heavy atom. The van der Waals surface area contributed by atoms with Gasteiger partial charge in [-0.1, -0.05) is 0 Å². The number of nitrogens with zero attached hydrogens (tertiary/aromatic N) is 6. The minimum atomic E-state index is -0.597. The molecule has 0 aliphatic heterocycles. The summed E-state index contributed by atoms with van der Waals surface area (Å²) in [7, 11) is 1.74. The molecule has 4 rings (SSSR count). The summed E-state index contributed by atoms with van der Waals surface area (Å²) in [6, 6.07) is 5.17. The second kappa shape index (κ2) is 7.75. The molecule has 152 valence electrons. The summed E-state index contributed by atoms with van der Waals surface area (Å²) in [5.74, 6) is 1.35. The van der Waals surface area contributed by atoms with E-state index in [-0.39, 0.29) is 17.9 Å². The molecule has 9 nitrogen and oxygen atoms in total. The standard InChI is InChI=1S/C20H25N7O2/c1-12-9-17(26(3)24-12)20(29)23-16-10-14(6-7-18(16)28)19-22-13(2)25-27(19)15-5-4-8-21-11-15/h4-5,8-9,11,14,16,18,28H,6-7,10H2,1-3H3,(H,23,29)/t14-,16+,18+/m0/s1. The third kappa shape index (κ3) is 3.91. The summed E-state index contributed by atoms with van der Waals surface area (Å²) in [6.07, 6.45) is 4.81. The molecular formula is C20H25N7O2. The molecular weight excluding hydrogens is 370 g/mol. The number of hydrogen-bond acceptors (Lipinski definition) is 6. The van der Waals surface area contributed by atoms with E-state index in [1.54, 1.807) is 30.2 Å². The number of carbonyl (C=O) groups excluding carboxylic acids is 1. The largest absolute Gasteiger partial charge is 0.391 e. The third-order valence-electron chi connectivity index (χ3n) is 5.36. The molecule has 3 atom stereocenters. The van der Waals surface area contributed by atoms with E-state index in [4.69, 9.17) is 0 Å². The molecule has 1 saturated carbocycles. The lowest BCUT2D eigenvalue weighted by molar-refractivity contribution is 0.0664. The Bertz CT molecular complexity index is 1010. The average Bonchev–Trinajstić information content (AvgIpc) is 3.26. The van der Waals surface area contributed by atoms with Gasteiger partial charge in [-0.25, -0.2) is 9.67 Å². The summed E-state index contributed by atoms with van der Waals surface area (Å²) >= 11 is 0. The third-order valence-corrected chi connectivity index (χ3v) is 5.36. The van der Waals surface area contributed by atoms with Crippen LogP contribution in [-0.2, 0) is 7.05 Å². The van der Waals surface area contributed by atoms with Crippen LogP contribution >= 0.6 is 0 Å². The fourth-order valence-electron chi connectivity index (χ4n) is 3.97. The molecule has 1 aliphatic rings. The van der Waals surface area contributed by atoms with Crippen molar-refractivity contribution in [3.63, 3.8) is 0 Å². The van der Waals surface area contributed by atoms with Crippen LogP contribution in [-0.4, -0.2) is 52.7 Å². The minimum Gasteiger partial charge on any atom is -0.391 e. The molecule has 1 aliphatic carbocycles. The van der Waals surface area contributed by atoms with Crippen LogP contribution in [0.2, 0.25) is 0 Å². The first-order chi connectivity index (χ1) is 13.9. The Morgan fingerprint density at radius 3 is 2.79 bits per heavy atom. The molecule has 2 N–H and O–H groups in total. The maximum atomic E-state index is 12.7. The predicted molar refractivity (Wildman–Crippen MR) is 106 cm³/mol. The number of nitrogens with one attached hydrogen (secondary N) is 1. The summed E-state index contributed by atoms with van der Waals surface area (Å²) in [5.41, 5.74) is 2.10. The molecule has 0 radical (unpaired) electrons. The maximum Gasteiger partial charge on any atom is 0.269 e. The van der Waals surface area contributed by atoms with E-state index in [1.165, 1.54) is 0 Å². The highest BCUT2D eigenvalue weighted by molar-refractivity contribution is 5.92. The molecule has 0 saturated heterocycles. The van der Waals surface area contributed by atoms with Crippen molar-refractivity contribution in [2.45, 2.75) is 51.2 Å². The van der Waals surface area contributed by atoms with Crippen molar-refractivity contribution >= 4 is 5.91 Å². The van der Waals surface area contributed by atoms with Crippen LogP contribution in [0, 0.1) is 13.8 Å². The van der Waals surface area contributed by atoms with Crippen LogP contribution in [0.1, 0.15) is 53.0 Å². The van der Waals surface area contributed by atoms with E-state index in [0.717, 1.165) is 23.6 Å². The van der Waals surface area contributed by atoms with Gasteiger partial charge in [-0.05, 0) is 51.3 Å². The van der Waals surface area contributed by atoms with Gasteiger partial charge in [0, 0.05) is 19.2 Å². The van der Waals surface area contributed by atoms with Crippen LogP contribution in [0.25, 0.3) is 5.69 Å². The normalized spacial score (nSPS) is 21.9. The first kappa shape index (κ1) is 19.3. The van der Waals surface area contributed by atoms with E-state index >= 15 is 0 Å². The molecule has 9 heteroatoms. The Labute approximate surface area is 168 Å². The summed E-state index contributed by atoms with van der Waals surface area (Å²) in [4.78, 5) is 21.5. The second-order valence-corrected chi connectivity index (χ2v) is 7.59. The van der Waals surface area contributed by atoms with Gasteiger partial charge in [0.15, 0.2) is 0 Å². The van der Waals surface area contributed by atoms with Crippen molar-refractivity contribution < 1.29 is 9.90 Å². The lowest BCUT2D eigenvalue weighted by atomic mass is 9.83. The van der Waals surface area contributed by atoms with Crippen LogP contribution in [0.4, 0.5) is 0 Å². The average molecular weight is 395 g/mol. The zero-order valence-electron chi connectivity index (χ0n) is 16.8. The van der Waals surface area contributed by atoms with Gasteiger partial charge in [0.05, 0.1) is 29.7 Å². The van der Waals surface area contributed by atoms with Crippen LogP contribution in [0.3, 0.4) is 0 Å². The number of carbonyl (C=O) groups is 1. The van der Waals surface area contributed by atoms with Gasteiger partial charge in [0.2, 0.25) is 0 Å². The molecule has 0 aromatic carbocycles. The van der Waals surface area contributed by atoms with E-state index in [2.05, 4.69) is 25.5 Å².